The third-order valence-corrected chi connectivity index (χ3v) is 3.42. The van der Waals surface area contributed by atoms with Crippen molar-refractivity contribution >= 4 is 29.3 Å². The number of phenols is 3. The van der Waals surface area contributed by atoms with E-state index in [4.69, 9.17) is 0 Å². The molecule has 10 heteroatoms. The third-order valence-electron chi connectivity index (χ3n) is 3.42. The molecular formula is C17H16N2O8. The lowest BCUT2D eigenvalue weighted by Crippen LogP contribution is -2.21. The second-order valence-corrected chi connectivity index (χ2v) is 5.19. The molecule has 2 amide bonds. The fourth-order valence-corrected chi connectivity index (χ4v) is 2.14. The molecule has 2 aromatic rings. The minimum Gasteiger partial charge on any atom is -0.504 e. The molecule has 0 aliphatic rings. The maximum atomic E-state index is 12.2. The number of ether oxygens (including phenoxy) is 2. The van der Waals surface area contributed by atoms with Crippen LogP contribution in [0.25, 0.3) is 0 Å². The molecule has 0 radical (unpaired) electrons. The molecule has 10 nitrogen and oxygen atoms in total. The van der Waals surface area contributed by atoms with Crippen molar-refractivity contribution in [3.8, 4) is 17.2 Å². The number of rotatable bonds is 4. The van der Waals surface area contributed by atoms with E-state index in [1.165, 1.54) is 25.3 Å². The quantitative estimate of drug-likeness (QED) is 0.308. The van der Waals surface area contributed by atoms with Gasteiger partial charge in [0.15, 0.2) is 17.2 Å². The molecule has 0 aliphatic carbocycles. The van der Waals surface area contributed by atoms with Crippen molar-refractivity contribution in [3.05, 3.63) is 41.5 Å². The van der Waals surface area contributed by atoms with Crippen LogP contribution in [0.3, 0.4) is 0 Å². The molecular weight excluding hydrogens is 360 g/mol. The lowest BCUT2D eigenvalue weighted by Gasteiger charge is -2.13. The number of hydrogen-bond donors (Lipinski definition) is 5. The van der Waals surface area contributed by atoms with Crippen molar-refractivity contribution in [2.45, 2.75) is 0 Å². The van der Waals surface area contributed by atoms with Crippen molar-refractivity contribution in [1.29, 1.82) is 0 Å². The molecule has 5 N–H and O–H groups in total. The molecule has 142 valence electrons. The first kappa shape index (κ1) is 19.4. The van der Waals surface area contributed by atoms with Gasteiger partial charge >= 0.3 is 18.0 Å². The van der Waals surface area contributed by atoms with Gasteiger partial charge in [-0.1, -0.05) is 0 Å². The van der Waals surface area contributed by atoms with Crippen LogP contribution >= 0.6 is 0 Å². The van der Waals surface area contributed by atoms with E-state index in [-0.39, 0.29) is 22.5 Å². The Morgan fingerprint density at radius 3 is 2.00 bits per heavy atom. The number of phenolic OH excluding ortho intramolecular Hbond substituents is 3. The van der Waals surface area contributed by atoms with Gasteiger partial charge in [-0.05, 0) is 18.2 Å². The van der Waals surface area contributed by atoms with Crippen molar-refractivity contribution in [2.24, 2.45) is 0 Å². The molecule has 0 aromatic heterocycles. The highest BCUT2D eigenvalue weighted by Gasteiger charge is 2.18. The number of amides is 2. The predicted molar refractivity (Wildman–Crippen MR) is 93.2 cm³/mol. The summed E-state index contributed by atoms with van der Waals surface area (Å²) in [7, 11) is 2.34. The maximum Gasteiger partial charge on any atom is 0.339 e. The fraction of sp³-hybridized carbons (Fsp3) is 0.118. The number of methoxy groups -OCH3 is 2. The number of carbonyl (C=O) groups is 3. The average molecular weight is 376 g/mol. The number of aromatic hydroxyl groups is 3. The fourth-order valence-electron chi connectivity index (χ4n) is 2.14. The molecule has 27 heavy (non-hydrogen) atoms. The number of hydrogen-bond acceptors (Lipinski definition) is 8. The minimum absolute atomic E-state index is 0.0169. The second-order valence-electron chi connectivity index (χ2n) is 5.19. The molecule has 0 atom stereocenters. The number of anilines is 2. The Labute approximate surface area is 153 Å². The lowest BCUT2D eigenvalue weighted by atomic mass is 10.1. The molecule has 2 rings (SSSR count). The van der Waals surface area contributed by atoms with E-state index in [0.29, 0.717) is 0 Å². The summed E-state index contributed by atoms with van der Waals surface area (Å²) in [6, 6.07) is 4.99. The monoisotopic (exact) mass is 376 g/mol. The topological polar surface area (TPSA) is 154 Å². The van der Waals surface area contributed by atoms with Crippen LogP contribution in [0.5, 0.6) is 17.2 Å². The van der Waals surface area contributed by atoms with Gasteiger partial charge in [-0.25, -0.2) is 14.4 Å². The molecule has 0 heterocycles. The minimum atomic E-state index is -0.855. The first-order valence-corrected chi connectivity index (χ1v) is 7.40. The van der Waals surface area contributed by atoms with E-state index in [1.54, 1.807) is 0 Å². The van der Waals surface area contributed by atoms with Gasteiger partial charge in [-0.15, -0.1) is 0 Å². The van der Waals surface area contributed by atoms with Crippen molar-refractivity contribution in [2.75, 3.05) is 24.9 Å². The Morgan fingerprint density at radius 1 is 0.852 bits per heavy atom. The van der Waals surface area contributed by atoms with Crippen molar-refractivity contribution in [1.82, 2.24) is 0 Å². The van der Waals surface area contributed by atoms with Crippen LogP contribution in [-0.4, -0.2) is 47.5 Å². The zero-order valence-corrected chi connectivity index (χ0v) is 14.3. The van der Waals surface area contributed by atoms with Gasteiger partial charge in [0.05, 0.1) is 36.7 Å². The van der Waals surface area contributed by atoms with Crippen LogP contribution in [0, 0.1) is 0 Å². The Kier molecular flexibility index (Phi) is 5.71. The van der Waals surface area contributed by atoms with Crippen LogP contribution in [0.15, 0.2) is 30.3 Å². The zero-order valence-electron chi connectivity index (χ0n) is 14.3. The molecule has 0 bridgehead atoms. The Hall–Kier alpha value is -3.95. The highest BCUT2D eigenvalue weighted by atomic mass is 16.5. The van der Waals surface area contributed by atoms with Crippen LogP contribution in [0.1, 0.15) is 20.7 Å². The highest BCUT2D eigenvalue weighted by molar-refractivity contribution is 6.06. The van der Waals surface area contributed by atoms with E-state index >= 15 is 0 Å². The number of nitrogens with one attached hydrogen (secondary N) is 2. The maximum absolute atomic E-state index is 12.2. The molecule has 0 spiro atoms. The number of carbonyl (C=O) groups excluding carboxylic acids is 3. The van der Waals surface area contributed by atoms with E-state index in [1.807, 2.05) is 0 Å². The second kappa shape index (κ2) is 7.95. The number of benzene rings is 2. The Morgan fingerprint density at radius 2 is 1.44 bits per heavy atom. The smallest absolute Gasteiger partial charge is 0.339 e. The van der Waals surface area contributed by atoms with Gasteiger partial charge in [-0.3, -0.25) is 0 Å². The third kappa shape index (κ3) is 4.37. The van der Waals surface area contributed by atoms with Gasteiger partial charge in [0.25, 0.3) is 0 Å². The van der Waals surface area contributed by atoms with Crippen LogP contribution in [0.4, 0.5) is 16.2 Å². The van der Waals surface area contributed by atoms with Gasteiger partial charge in [0.1, 0.15) is 0 Å². The average Bonchev–Trinajstić information content (AvgIpc) is 2.64. The molecule has 0 saturated carbocycles. The van der Waals surface area contributed by atoms with Gasteiger partial charge in [0.2, 0.25) is 0 Å². The van der Waals surface area contributed by atoms with E-state index in [9.17, 15) is 29.7 Å². The normalized spacial score (nSPS) is 10.0. The first-order chi connectivity index (χ1) is 12.8. The molecule has 2 aromatic carbocycles. The van der Waals surface area contributed by atoms with E-state index in [2.05, 4.69) is 20.1 Å². The van der Waals surface area contributed by atoms with Gasteiger partial charge in [-0.2, -0.15) is 0 Å². The molecule has 0 aliphatic heterocycles. The Bertz CT molecular complexity index is 887. The summed E-state index contributed by atoms with van der Waals surface area (Å²) in [5.41, 5.74) is -0.00408. The highest BCUT2D eigenvalue weighted by Crippen LogP contribution is 2.37. The van der Waals surface area contributed by atoms with E-state index < -0.39 is 35.2 Å². The largest absolute Gasteiger partial charge is 0.504 e. The van der Waals surface area contributed by atoms with Crippen LogP contribution in [-0.2, 0) is 9.47 Å². The summed E-state index contributed by atoms with van der Waals surface area (Å²) in [4.78, 5) is 35.7. The number of esters is 2. The van der Waals surface area contributed by atoms with Crippen molar-refractivity contribution in [3.63, 3.8) is 0 Å². The van der Waals surface area contributed by atoms with E-state index in [0.717, 1.165) is 19.2 Å². The summed E-state index contributed by atoms with van der Waals surface area (Å²) >= 11 is 0. The summed E-state index contributed by atoms with van der Waals surface area (Å²) in [6.45, 7) is 0. The van der Waals surface area contributed by atoms with Gasteiger partial charge in [0, 0.05) is 12.1 Å². The predicted octanol–water partition coefficient (Wildman–Crippen LogP) is 2.02. The lowest BCUT2D eigenvalue weighted by molar-refractivity contribution is 0.0587. The van der Waals surface area contributed by atoms with Crippen LogP contribution in [0.2, 0.25) is 0 Å². The summed E-state index contributed by atoms with van der Waals surface area (Å²) in [5.74, 6) is -3.45. The summed E-state index contributed by atoms with van der Waals surface area (Å²) in [5, 5.41) is 32.9. The van der Waals surface area contributed by atoms with Gasteiger partial charge < -0.3 is 35.4 Å². The summed E-state index contributed by atoms with van der Waals surface area (Å²) in [6.07, 6.45) is 0. The summed E-state index contributed by atoms with van der Waals surface area (Å²) < 4.78 is 9.22. The van der Waals surface area contributed by atoms with Crippen LogP contribution < -0.4 is 10.6 Å². The van der Waals surface area contributed by atoms with Crippen molar-refractivity contribution < 1.29 is 39.2 Å². The standard InChI is InChI=1S/C17H16N2O8/c1-26-15(23)8-3-4-10(16(24)27-2)11(5-8)19-17(25)18-9-6-12(20)14(22)13(21)7-9/h3-7,20-22H,1-2H3,(H2,18,19,25). The Balaban J connectivity index is 2.29. The molecule has 0 unspecified atom stereocenters. The number of urea groups is 1. The zero-order chi connectivity index (χ0) is 20.1. The first-order valence-electron chi connectivity index (χ1n) is 7.40. The SMILES string of the molecule is COC(=O)c1ccc(C(=O)OC)c(NC(=O)Nc2cc(O)c(O)c(O)c2)c1. The molecule has 0 fully saturated rings. The molecule has 0 saturated heterocycles.